The lowest BCUT2D eigenvalue weighted by Gasteiger charge is -2.24. The van der Waals surface area contributed by atoms with E-state index in [9.17, 15) is 31.5 Å². The molecule has 2 aliphatic carbocycles. The highest BCUT2D eigenvalue weighted by Crippen LogP contribution is 2.52. The van der Waals surface area contributed by atoms with E-state index in [-0.39, 0.29) is 35.2 Å². The van der Waals surface area contributed by atoms with Gasteiger partial charge in [0, 0.05) is 30.9 Å². The standard InChI is InChI=1S/C25H27F5N4O2/c1-13(15-4-3-5-16(20(15)26)21(27)28)31-22(36)17-11-34(25(6-7-25)23(29)30)19(35)8-18(17)32-24-9-14(24)10-33(2)12-24/h3-5,8,11,13-14,21,23,32H,6-7,9-10,12H2,1-2H3,(H,31,36)/t13?,14-,24-/m0/s1. The van der Waals surface area contributed by atoms with Crippen LogP contribution in [0.5, 0.6) is 0 Å². The maximum atomic E-state index is 14.7. The van der Waals surface area contributed by atoms with E-state index in [0.29, 0.717) is 12.5 Å². The maximum absolute atomic E-state index is 14.7. The molecule has 2 saturated carbocycles. The van der Waals surface area contributed by atoms with Gasteiger partial charge in [0.1, 0.15) is 11.4 Å². The fourth-order valence-electron chi connectivity index (χ4n) is 5.48. The van der Waals surface area contributed by atoms with Crippen LogP contribution in [-0.4, -0.2) is 47.5 Å². The first-order chi connectivity index (χ1) is 17.0. The van der Waals surface area contributed by atoms with Gasteiger partial charge in [-0.15, -0.1) is 0 Å². The SMILES string of the molecule is CC(NC(=O)c1cn(C2(C(F)F)CC2)c(=O)cc1N[C@]12C[C@H]1CN(C)C2)c1cccc(C(F)F)c1F. The van der Waals surface area contributed by atoms with Gasteiger partial charge in [-0.1, -0.05) is 18.2 Å². The second-order valence-electron chi connectivity index (χ2n) is 10.3. The summed E-state index contributed by atoms with van der Waals surface area (Å²) in [7, 11) is 1.96. The van der Waals surface area contributed by atoms with Crippen LogP contribution in [0.2, 0.25) is 0 Å². The summed E-state index contributed by atoms with van der Waals surface area (Å²) in [5.41, 5.74) is -3.34. The second-order valence-corrected chi connectivity index (χ2v) is 10.3. The number of benzene rings is 1. The van der Waals surface area contributed by atoms with Crippen molar-refractivity contribution in [1.82, 2.24) is 14.8 Å². The van der Waals surface area contributed by atoms with E-state index in [1.165, 1.54) is 25.1 Å². The number of halogens is 5. The largest absolute Gasteiger partial charge is 0.377 e. The van der Waals surface area contributed by atoms with Crippen LogP contribution in [-0.2, 0) is 5.54 Å². The Balaban J connectivity index is 1.49. The second kappa shape index (κ2) is 8.57. The van der Waals surface area contributed by atoms with Crippen LogP contribution in [0.3, 0.4) is 0 Å². The summed E-state index contributed by atoms with van der Waals surface area (Å²) in [6.07, 6.45) is -3.60. The topological polar surface area (TPSA) is 66.4 Å². The molecule has 6 nitrogen and oxygen atoms in total. The molecule has 1 aromatic carbocycles. The van der Waals surface area contributed by atoms with Crippen molar-refractivity contribution in [3.8, 4) is 0 Å². The summed E-state index contributed by atoms with van der Waals surface area (Å²) < 4.78 is 69.5. The number of amides is 1. The summed E-state index contributed by atoms with van der Waals surface area (Å²) in [6.45, 7) is 3.00. The number of likely N-dealkylation sites (tertiary alicyclic amines) is 1. The Hall–Kier alpha value is -2.95. The van der Waals surface area contributed by atoms with Crippen molar-refractivity contribution in [2.75, 3.05) is 25.5 Å². The van der Waals surface area contributed by atoms with Gasteiger partial charge in [0.15, 0.2) is 0 Å². The van der Waals surface area contributed by atoms with Gasteiger partial charge in [0.05, 0.1) is 28.4 Å². The van der Waals surface area contributed by atoms with Crippen LogP contribution >= 0.6 is 0 Å². The number of alkyl halides is 4. The van der Waals surface area contributed by atoms with Crippen LogP contribution in [0, 0.1) is 11.7 Å². The minimum Gasteiger partial charge on any atom is -0.377 e. The first-order valence-corrected chi connectivity index (χ1v) is 11.9. The number of nitrogens with one attached hydrogen (secondary N) is 2. The summed E-state index contributed by atoms with van der Waals surface area (Å²) in [5, 5.41) is 5.90. The van der Waals surface area contributed by atoms with Crippen LogP contribution in [0.1, 0.15) is 60.1 Å². The molecule has 1 aromatic heterocycles. The minimum atomic E-state index is -3.02. The predicted octanol–water partition coefficient (Wildman–Crippen LogP) is 4.29. The summed E-state index contributed by atoms with van der Waals surface area (Å²) in [5.74, 6) is -1.51. The third-order valence-electron chi connectivity index (χ3n) is 7.75. The van der Waals surface area contributed by atoms with Crippen LogP contribution in [0.25, 0.3) is 0 Å². The molecule has 36 heavy (non-hydrogen) atoms. The van der Waals surface area contributed by atoms with Crippen LogP contribution < -0.4 is 16.2 Å². The summed E-state index contributed by atoms with van der Waals surface area (Å²) in [6, 6.07) is 3.71. The number of carbonyl (C=O) groups excluding carboxylic acids is 1. The molecule has 5 rings (SSSR count). The molecule has 2 aromatic rings. The molecule has 0 radical (unpaired) electrons. The lowest BCUT2D eigenvalue weighted by atomic mass is 10.0. The van der Waals surface area contributed by atoms with Crippen molar-refractivity contribution in [3.05, 3.63) is 63.3 Å². The zero-order chi connectivity index (χ0) is 26.0. The molecule has 194 valence electrons. The van der Waals surface area contributed by atoms with E-state index in [2.05, 4.69) is 15.5 Å². The van der Waals surface area contributed by atoms with E-state index < -0.39 is 47.3 Å². The number of fused-ring (bicyclic) bond motifs is 1. The molecule has 11 heteroatoms. The quantitative estimate of drug-likeness (QED) is 0.521. The molecule has 1 saturated heterocycles. The molecule has 1 aliphatic heterocycles. The summed E-state index contributed by atoms with van der Waals surface area (Å²) in [4.78, 5) is 28.4. The van der Waals surface area contributed by atoms with Gasteiger partial charge in [-0.25, -0.2) is 22.0 Å². The van der Waals surface area contributed by atoms with Crippen LogP contribution in [0.4, 0.5) is 27.6 Å². The molecule has 3 atom stereocenters. The number of aromatic nitrogens is 1. The number of pyridine rings is 1. The maximum Gasteiger partial charge on any atom is 0.266 e. The highest BCUT2D eigenvalue weighted by atomic mass is 19.3. The number of carbonyl (C=O) groups is 1. The van der Waals surface area contributed by atoms with Gasteiger partial charge in [-0.05, 0) is 39.2 Å². The molecular weight excluding hydrogens is 483 g/mol. The fraction of sp³-hybridized carbons (Fsp3) is 0.520. The van der Waals surface area contributed by atoms with Crippen molar-refractivity contribution >= 4 is 11.6 Å². The van der Waals surface area contributed by atoms with Crippen LogP contribution in [0.15, 0.2) is 35.3 Å². The van der Waals surface area contributed by atoms with E-state index in [0.717, 1.165) is 29.8 Å². The van der Waals surface area contributed by atoms with Crippen molar-refractivity contribution in [2.45, 2.75) is 56.2 Å². The first kappa shape index (κ1) is 24.7. The normalized spacial score (nSPS) is 25.1. The number of anilines is 1. The molecule has 2 N–H and O–H groups in total. The van der Waals surface area contributed by atoms with Gasteiger partial charge >= 0.3 is 0 Å². The van der Waals surface area contributed by atoms with Crippen molar-refractivity contribution < 1.29 is 26.7 Å². The van der Waals surface area contributed by atoms with Gasteiger partial charge in [0.25, 0.3) is 24.3 Å². The zero-order valence-corrected chi connectivity index (χ0v) is 19.8. The Morgan fingerprint density at radius 1 is 1.17 bits per heavy atom. The molecule has 0 spiro atoms. The molecule has 1 amide bonds. The Morgan fingerprint density at radius 2 is 1.86 bits per heavy atom. The molecule has 1 unspecified atom stereocenters. The van der Waals surface area contributed by atoms with E-state index in [1.807, 2.05) is 7.05 Å². The number of piperidine rings is 1. The monoisotopic (exact) mass is 510 g/mol. The molecule has 2 heterocycles. The molecule has 3 fully saturated rings. The van der Waals surface area contributed by atoms with Gasteiger partial charge in [-0.3, -0.25) is 9.59 Å². The Labute approximate surface area is 204 Å². The molecule has 3 aliphatic rings. The zero-order valence-electron chi connectivity index (χ0n) is 19.8. The van der Waals surface area contributed by atoms with Crippen molar-refractivity contribution in [2.24, 2.45) is 5.92 Å². The Morgan fingerprint density at radius 3 is 2.44 bits per heavy atom. The highest BCUT2D eigenvalue weighted by molar-refractivity contribution is 5.99. The van der Waals surface area contributed by atoms with E-state index >= 15 is 0 Å². The van der Waals surface area contributed by atoms with Gasteiger partial charge in [-0.2, -0.15) is 0 Å². The number of likely N-dealkylation sites (N-methyl/N-ethyl adjacent to an activating group) is 1. The highest BCUT2D eigenvalue weighted by Gasteiger charge is 2.59. The third kappa shape index (κ3) is 4.07. The van der Waals surface area contributed by atoms with Crippen molar-refractivity contribution in [1.29, 1.82) is 0 Å². The summed E-state index contributed by atoms with van der Waals surface area (Å²) >= 11 is 0. The molecular formula is C25H27F5N4O2. The van der Waals surface area contributed by atoms with Crippen molar-refractivity contribution in [3.63, 3.8) is 0 Å². The fourth-order valence-corrected chi connectivity index (χ4v) is 5.48. The van der Waals surface area contributed by atoms with E-state index in [4.69, 9.17) is 0 Å². The first-order valence-electron chi connectivity index (χ1n) is 11.9. The average Bonchev–Trinajstić information content (AvgIpc) is 3.69. The smallest absolute Gasteiger partial charge is 0.266 e. The minimum absolute atomic E-state index is 0.0339. The lowest BCUT2D eigenvalue weighted by molar-refractivity contribution is 0.0648. The number of hydrogen-bond donors (Lipinski definition) is 2. The molecule has 0 bridgehead atoms. The Kier molecular flexibility index (Phi) is 5.89. The average molecular weight is 511 g/mol. The van der Waals surface area contributed by atoms with Gasteiger partial charge < -0.3 is 20.1 Å². The van der Waals surface area contributed by atoms with Gasteiger partial charge in [0.2, 0.25) is 0 Å². The van der Waals surface area contributed by atoms with E-state index in [1.54, 1.807) is 0 Å². The number of nitrogens with zero attached hydrogens (tertiary/aromatic N) is 2. The third-order valence-corrected chi connectivity index (χ3v) is 7.75. The number of rotatable bonds is 8. The number of hydrogen-bond acceptors (Lipinski definition) is 4. The Bertz CT molecular complexity index is 1260. The predicted molar refractivity (Wildman–Crippen MR) is 123 cm³/mol. The lowest BCUT2D eigenvalue weighted by Crippen LogP contribution is -2.39.